The summed E-state index contributed by atoms with van der Waals surface area (Å²) in [6.45, 7) is 2.76. The molecule has 3 rings (SSSR count). The summed E-state index contributed by atoms with van der Waals surface area (Å²) < 4.78 is 5.43. The fourth-order valence-electron chi connectivity index (χ4n) is 3.10. The molecule has 1 saturated heterocycles. The van der Waals surface area contributed by atoms with Gasteiger partial charge in [0.25, 0.3) is 0 Å². The van der Waals surface area contributed by atoms with Crippen molar-refractivity contribution in [2.45, 2.75) is 38.3 Å². The van der Waals surface area contributed by atoms with Crippen LogP contribution in [-0.4, -0.2) is 36.7 Å². The second-order valence-corrected chi connectivity index (χ2v) is 6.73. The van der Waals surface area contributed by atoms with Crippen molar-refractivity contribution in [2.75, 3.05) is 19.8 Å². The minimum Gasteiger partial charge on any atom is -0.381 e. The van der Waals surface area contributed by atoms with Gasteiger partial charge in [-0.3, -0.25) is 0 Å². The summed E-state index contributed by atoms with van der Waals surface area (Å²) in [4.78, 5) is 14.3. The zero-order valence-corrected chi connectivity index (χ0v) is 13.9. The minimum atomic E-state index is -0.00588. The number of urea groups is 1. The molecule has 2 heterocycles. The van der Waals surface area contributed by atoms with Gasteiger partial charge in [-0.2, -0.15) is 0 Å². The summed E-state index contributed by atoms with van der Waals surface area (Å²) in [5.74, 6) is 0. The van der Waals surface area contributed by atoms with Crippen molar-refractivity contribution in [3.05, 3.63) is 33.3 Å². The van der Waals surface area contributed by atoms with Crippen LogP contribution in [0.5, 0.6) is 0 Å². The van der Waals surface area contributed by atoms with E-state index in [-0.39, 0.29) is 12.1 Å². The summed E-state index contributed by atoms with van der Waals surface area (Å²) in [6.07, 6.45) is 3.63. The number of benzene rings is 1. The van der Waals surface area contributed by atoms with Gasteiger partial charge in [0, 0.05) is 42.4 Å². The Bertz CT molecular complexity index is 557. The number of nitrogens with zero attached hydrogens (tertiary/aromatic N) is 1. The lowest BCUT2D eigenvalue weighted by molar-refractivity contribution is 0.142. The van der Waals surface area contributed by atoms with Crippen LogP contribution in [0.3, 0.4) is 0 Å². The van der Waals surface area contributed by atoms with Crippen molar-refractivity contribution in [3.63, 3.8) is 0 Å². The van der Waals surface area contributed by atoms with Crippen molar-refractivity contribution in [1.82, 2.24) is 10.2 Å². The molecule has 0 aliphatic carbocycles. The molecule has 6 heteroatoms. The van der Waals surface area contributed by atoms with Crippen LogP contribution < -0.4 is 5.32 Å². The van der Waals surface area contributed by atoms with Gasteiger partial charge in [-0.25, -0.2) is 4.79 Å². The molecule has 4 nitrogen and oxygen atoms in total. The molecule has 0 saturated carbocycles. The zero-order valence-electron chi connectivity index (χ0n) is 12.4. The van der Waals surface area contributed by atoms with Crippen molar-refractivity contribution >= 4 is 29.2 Å². The van der Waals surface area contributed by atoms with E-state index in [9.17, 15) is 4.79 Å². The zero-order chi connectivity index (χ0) is 15.5. The molecular formula is C16H20Cl2N2O2. The van der Waals surface area contributed by atoms with Crippen LogP contribution in [0.4, 0.5) is 4.79 Å². The summed E-state index contributed by atoms with van der Waals surface area (Å²) in [5.41, 5.74) is 2.15. The lowest BCUT2D eigenvalue weighted by Crippen LogP contribution is -2.46. The number of hydrogen-bond donors (Lipinski definition) is 1. The van der Waals surface area contributed by atoms with Crippen molar-refractivity contribution in [2.24, 2.45) is 0 Å². The van der Waals surface area contributed by atoms with E-state index in [2.05, 4.69) is 5.32 Å². The number of carbonyl (C=O) groups excluding carboxylic acids is 1. The molecule has 2 amide bonds. The number of carbonyl (C=O) groups is 1. The molecule has 2 aliphatic rings. The highest BCUT2D eigenvalue weighted by atomic mass is 35.5. The molecule has 22 heavy (non-hydrogen) atoms. The number of rotatable bonds is 1. The Balaban J connectivity index is 1.64. The smallest absolute Gasteiger partial charge is 0.317 e. The third-order valence-electron chi connectivity index (χ3n) is 4.31. The Morgan fingerprint density at radius 1 is 1.27 bits per heavy atom. The van der Waals surface area contributed by atoms with Crippen LogP contribution in [0.2, 0.25) is 10.0 Å². The van der Waals surface area contributed by atoms with Gasteiger partial charge in [0.05, 0.1) is 0 Å². The first-order chi connectivity index (χ1) is 10.6. The van der Waals surface area contributed by atoms with E-state index >= 15 is 0 Å². The topological polar surface area (TPSA) is 41.6 Å². The van der Waals surface area contributed by atoms with Crippen molar-refractivity contribution in [1.29, 1.82) is 0 Å². The minimum absolute atomic E-state index is 0.00588. The highest BCUT2D eigenvalue weighted by Crippen LogP contribution is 2.29. The monoisotopic (exact) mass is 342 g/mol. The Kier molecular flexibility index (Phi) is 5.11. The highest BCUT2D eigenvalue weighted by molar-refractivity contribution is 6.35. The largest absolute Gasteiger partial charge is 0.381 e. The maximum atomic E-state index is 12.5. The number of amides is 2. The predicted octanol–water partition coefficient (Wildman–Crippen LogP) is 3.63. The molecule has 1 N–H and O–H groups in total. The average Bonchev–Trinajstić information content (AvgIpc) is 2.75. The third kappa shape index (κ3) is 3.67. The average molecular weight is 343 g/mol. The van der Waals surface area contributed by atoms with E-state index in [1.165, 1.54) is 0 Å². The molecule has 1 fully saturated rings. The quantitative estimate of drug-likeness (QED) is 0.846. The van der Waals surface area contributed by atoms with Gasteiger partial charge < -0.3 is 15.0 Å². The molecule has 0 bridgehead atoms. The van der Waals surface area contributed by atoms with E-state index in [1.807, 2.05) is 11.0 Å². The van der Waals surface area contributed by atoms with Crippen LogP contribution >= 0.6 is 23.2 Å². The first kappa shape index (κ1) is 15.9. The second kappa shape index (κ2) is 7.07. The molecule has 0 spiro atoms. The summed E-state index contributed by atoms with van der Waals surface area (Å²) >= 11 is 12.3. The van der Waals surface area contributed by atoms with Crippen LogP contribution in [0.15, 0.2) is 12.1 Å². The predicted molar refractivity (Wildman–Crippen MR) is 87.6 cm³/mol. The molecule has 120 valence electrons. The summed E-state index contributed by atoms with van der Waals surface area (Å²) in [7, 11) is 0. The number of fused-ring (bicyclic) bond motifs is 1. The SMILES string of the molecule is O=C(NC1CCCOCC1)N1CCc2c(Cl)cc(Cl)cc2C1. The lowest BCUT2D eigenvalue weighted by atomic mass is 10.00. The lowest BCUT2D eigenvalue weighted by Gasteiger charge is -2.31. The van der Waals surface area contributed by atoms with E-state index in [4.69, 9.17) is 27.9 Å². The van der Waals surface area contributed by atoms with Crippen LogP contribution in [0, 0.1) is 0 Å². The molecule has 1 atom stereocenters. The van der Waals surface area contributed by atoms with Crippen LogP contribution in [0.25, 0.3) is 0 Å². The van der Waals surface area contributed by atoms with Gasteiger partial charge in [0.2, 0.25) is 0 Å². The number of hydrogen-bond acceptors (Lipinski definition) is 2. The standard InChI is InChI=1S/C16H20Cl2N2O2/c17-12-8-11-10-20(5-3-14(11)15(18)9-12)16(21)19-13-2-1-6-22-7-4-13/h8-9,13H,1-7,10H2,(H,19,21). The maximum absolute atomic E-state index is 12.5. The molecular weight excluding hydrogens is 323 g/mol. The van der Waals surface area contributed by atoms with Gasteiger partial charge in [-0.05, 0) is 48.9 Å². The molecule has 1 aromatic carbocycles. The summed E-state index contributed by atoms with van der Waals surface area (Å²) in [5, 5.41) is 4.44. The number of ether oxygens (including phenoxy) is 1. The van der Waals surface area contributed by atoms with Crippen LogP contribution in [-0.2, 0) is 17.7 Å². The Hall–Kier alpha value is -0.970. The first-order valence-electron chi connectivity index (χ1n) is 7.73. The van der Waals surface area contributed by atoms with Gasteiger partial charge in [-0.15, -0.1) is 0 Å². The van der Waals surface area contributed by atoms with Gasteiger partial charge >= 0.3 is 6.03 Å². The normalized spacial score (nSPS) is 21.9. The van der Waals surface area contributed by atoms with E-state index in [0.717, 1.165) is 50.0 Å². The second-order valence-electron chi connectivity index (χ2n) is 5.89. The Labute approximate surface area is 140 Å². The number of nitrogens with one attached hydrogen (secondary N) is 1. The van der Waals surface area contributed by atoms with Crippen molar-refractivity contribution in [3.8, 4) is 0 Å². The van der Waals surface area contributed by atoms with Gasteiger partial charge in [0.15, 0.2) is 0 Å². The van der Waals surface area contributed by atoms with Crippen molar-refractivity contribution < 1.29 is 9.53 Å². The number of halogens is 2. The first-order valence-corrected chi connectivity index (χ1v) is 8.49. The van der Waals surface area contributed by atoms with E-state index in [0.29, 0.717) is 23.1 Å². The summed E-state index contributed by atoms with van der Waals surface area (Å²) in [6, 6.07) is 3.87. The van der Waals surface area contributed by atoms with Crippen LogP contribution in [0.1, 0.15) is 30.4 Å². The molecule has 0 aromatic heterocycles. The van der Waals surface area contributed by atoms with Gasteiger partial charge in [-0.1, -0.05) is 23.2 Å². The molecule has 1 aromatic rings. The van der Waals surface area contributed by atoms with E-state index in [1.54, 1.807) is 6.07 Å². The molecule has 2 aliphatic heterocycles. The molecule has 1 unspecified atom stereocenters. The highest BCUT2D eigenvalue weighted by Gasteiger charge is 2.24. The molecule has 0 radical (unpaired) electrons. The Morgan fingerprint density at radius 3 is 3.00 bits per heavy atom. The fourth-order valence-corrected chi connectivity index (χ4v) is 3.73. The fraction of sp³-hybridized carbons (Fsp3) is 0.562. The maximum Gasteiger partial charge on any atom is 0.317 e. The van der Waals surface area contributed by atoms with Gasteiger partial charge in [0.1, 0.15) is 0 Å². The Morgan fingerprint density at radius 2 is 2.14 bits per heavy atom. The third-order valence-corrected chi connectivity index (χ3v) is 4.87. The van der Waals surface area contributed by atoms with E-state index < -0.39 is 0 Å².